The molecule has 90 valence electrons. The van der Waals surface area contributed by atoms with Gasteiger partial charge in [-0.05, 0) is 19.1 Å². The Bertz CT molecular complexity index is 301. The lowest BCUT2D eigenvalue weighted by Gasteiger charge is -2.22. The lowest BCUT2D eigenvalue weighted by atomic mass is 10.4. The van der Waals surface area contributed by atoms with Crippen LogP contribution in [0.25, 0.3) is 0 Å². The zero-order valence-corrected chi connectivity index (χ0v) is 9.56. The summed E-state index contributed by atoms with van der Waals surface area (Å²) < 4.78 is 0. The molecule has 0 aliphatic heterocycles. The number of nitrogens with zero attached hydrogens (tertiary/aromatic N) is 2. The SMILES string of the molecule is CCNc1cccc(N(CCO)CCO)n1. The highest BCUT2D eigenvalue weighted by Gasteiger charge is 2.06. The first-order valence-corrected chi connectivity index (χ1v) is 5.49. The van der Waals surface area contributed by atoms with E-state index >= 15 is 0 Å². The second-order valence-electron chi connectivity index (χ2n) is 3.35. The highest BCUT2D eigenvalue weighted by molar-refractivity contribution is 5.47. The van der Waals surface area contributed by atoms with Crippen molar-refractivity contribution in [2.45, 2.75) is 6.92 Å². The maximum Gasteiger partial charge on any atom is 0.131 e. The number of aromatic nitrogens is 1. The van der Waals surface area contributed by atoms with Gasteiger partial charge in [0.05, 0.1) is 13.2 Å². The van der Waals surface area contributed by atoms with E-state index in [1.807, 2.05) is 30.0 Å². The van der Waals surface area contributed by atoms with Crippen molar-refractivity contribution < 1.29 is 10.2 Å². The van der Waals surface area contributed by atoms with E-state index in [-0.39, 0.29) is 13.2 Å². The van der Waals surface area contributed by atoms with Crippen LogP contribution >= 0.6 is 0 Å². The van der Waals surface area contributed by atoms with Gasteiger partial charge in [0.2, 0.25) is 0 Å². The van der Waals surface area contributed by atoms with Crippen molar-refractivity contribution in [3.05, 3.63) is 18.2 Å². The number of hydrogen-bond donors (Lipinski definition) is 3. The fraction of sp³-hybridized carbons (Fsp3) is 0.545. The van der Waals surface area contributed by atoms with E-state index in [1.165, 1.54) is 0 Å². The summed E-state index contributed by atoms with van der Waals surface area (Å²) in [5.74, 6) is 1.57. The van der Waals surface area contributed by atoms with Crippen LogP contribution in [0.1, 0.15) is 6.92 Å². The lowest BCUT2D eigenvalue weighted by molar-refractivity contribution is 0.280. The van der Waals surface area contributed by atoms with E-state index in [0.717, 1.165) is 18.2 Å². The monoisotopic (exact) mass is 225 g/mol. The fourth-order valence-corrected chi connectivity index (χ4v) is 1.46. The summed E-state index contributed by atoms with van der Waals surface area (Å²) in [6, 6.07) is 5.66. The number of hydrogen-bond acceptors (Lipinski definition) is 5. The van der Waals surface area contributed by atoms with Gasteiger partial charge in [-0.15, -0.1) is 0 Å². The van der Waals surface area contributed by atoms with Crippen LogP contribution in [0.5, 0.6) is 0 Å². The number of pyridine rings is 1. The summed E-state index contributed by atoms with van der Waals surface area (Å²) in [6.07, 6.45) is 0. The minimum atomic E-state index is 0.0487. The molecule has 1 aromatic rings. The Morgan fingerprint density at radius 2 is 1.94 bits per heavy atom. The summed E-state index contributed by atoms with van der Waals surface area (Å²) in [6.45, 7) is 3.87. The fourth-order valence-electron chi connectivity index (χ4n) is 1.46. The van der Waals surface area contributed by atoms with Gasteiger partial charge in [-0.1, -0.05) is 6.07 Å². The second kappa shape index (κ2) is 7.03. The van der Waals surface area contributed by atoms with Crippen LogP contribution in [0.15, 0.2) is 18.2 Å². The topological polar surface area (TPSA) is 68.6 Å². The molecule has 0 radical (unpaired) electrons. The van der Waals surface area contributed by atoms with E-state index < -0.39 is 0 Å². The van der Waals surface area contributed by atoms with Crippen molar-refractivity contribution in [2.75, 3.05) is 43.1 Å². The van der Waals surface area contributed by atoms with Crippen LogP contribution in [-0.4, -0.2) is 48.0 Å². The number of anilines is 2. The number of aliphatic hydroxyl groups excluding tert-OH is 2. The van der Waals surface area contributed by atoms with Gasteiger partial charge in [-0.25, -0.2) is 4.98 Å². The molecule has 0 saturated carbocycles. The molecule has 3 N–H and O–H groups in total. The lowest BCUT2D eigenvalue weighted by Crippen LogP contribution is -2.30. The summed E-state index contributed by atoms with van der Waals surface area (Å²) >= 11 is 0. The molecule has 0 saturated heterocycles. The van der Waals surface area contributed by atoms with E-state index in [1.54, 1.807) is 0 Å². The highest BCUT2D eigenvalue weighted by atomic mass is 16.3. The summed E-state index contributed by atoms with van der Waals surface area (Å²) in [5, 5.41) is 21.0. The highest BCUT2D eigenvalue weighted by Crippen LogP contribution is 2.13. The average molecular weight is 225 g/mol. The quantitative estimate of drug-likeness (QED) is 0.623. The number of rotatable bonds is 7. The zero-order chi connectivity index (χ0) is 11.8. The van der Waals surface area contributed by atoms with E-state index in [0.29, 0.717) is 13.1 Å². The van der Waals surface area contributed by atoms with Crippen molar-refractivity contribution in [3.63, 3.8) is 0 Å². The van der Waals surface area contributed by atoms with Gasteiger partial charge < -0.3 is 20.4 Å². The predicted octanol–water partition coefficient (Wildman–Crippen LogP) is 0.304. The Labute approximate surface area is 95.7 Å². The molecule has 16 heavy (non-hydrogen) atoms. The van der Waals surface area contributed by atoms with Crippen LogP contribution in [-0.2, 0) is 0 Å². The van der Waals surface area contributed by atoms with Gasteiger partial charge in [-0.3, -0.25) is 0 Å². The van der Waals surface area contributed by atoms with Crippen molar-refractivity contribution in [3.8, 4) is 0 Å². The van der Waals surface area contributed by atoms with Crippen molar-refractivity contribution in [2.24, 2.45) is 0 Å². The van der Waals surface area contributed by atoms with Gasteiger partial charge in [0.15, 0.2) is 0 Å². The normalized spacial score (nSPS) is 10.2. The zero-order valence-electron chi connectivity index (χ0n) is 9.56. The molecule has 1 heterocycles. The molecular weight excluding hydrogens is 206 g/mol. The van der Waals surface area contributed by atoms with Crippen LogP contribution in [0, 0.1) is 0 Å². The predicted molar refractivity (Wildman–Crippen MR) is 64.8 cm³/mol. The summed E-state index contributed by atoms with van der Waals surface area (Å²) in [7, 11) is 0. The van der Waals surface area contributed by atoms with E-state index in [2.05, 4.69) is 10.3 Å². The molecule has 0 spiro atoms. The molecule has 0 aliphatic carbocycles. The van der Waals surface area contributed by atoms with Crippen LogP contribution < -0.4 is 10.2 Å². The molecule has 1 rings (SSSR count). The smallest absolute Gasteiger partial charge is 0.131 e. The summed E-state index contributed by atoms with van der Waals surface area (Å²) in [5.41, 5.74) is 0. The van der Waals surface area contributed by atoms with Crippen LogP contribution in [0.4, 0.5) is 11.6 Å². The Morgan fingerprint density at radius 3 is 2.50 bits per heavy atom. The molecule has 0 bridgehead atoms. The van der Waals surface area contributed by atoms with Gasteiger partial charge in [0.25, 0.3) is 0 Å². The standard InChI is InChI=1S/C11H19N3O2/c1-2-12-10-4-3-5-11(13-10)14(6-8-15)7-9-16/h3-5,15-16H,2,6-9H2,1H3,(H,12,13). The third kappa shape index (κ3) is 3.67. The number of nitrogens with one attached hydrogen (secondary N) is 1. The molecule has 0 aliphatic rings. The van der Waals surface area contributed by atoms with Gasteiger partial charge in [0, 0.05) is 19.6 Å². The second-order valence-corrected chi connectivity index (χ2v) is 3.35. The third-order valence-corrected chi connectivity index (χ3v) is 2.16. The van der Waals surface area contributed by atoms with Crippen LogP contribution in [0.3, 0.4) is 0 Å². The Hall–Kier alpha value is -1.33. The largest absolute Gasteiger partial charge is 0.395 e. The summed E-state index contributed by atoms with van der Waals surface area (Å²) in [4.78, 5) is 6.24. The number of aliphatic hydroxyl groups is 2. The van der Waals surface area contributed by atoms with Crippen LogP contribution in [0.2, 0.25) is 0 Å². The maximum atomic E-state index is 8.93. The molecule has 0 fully saturated rings. The molecular formula is C11H19N3O2. The van der Waals surface area contributed by atoms with E-state index in [9.17, 15) is 0 Å². The van der Waals surface area contributed by atoms with Crippen molar-refractivity contribution in [1.82, 2.24) is 4.98 Å². The molecule has 0 atom stereocenters. The Morgan fingerprint density at radius 1 is 1.25 bits per heavy atom. The first-order chi connectivity index (χ1) is 7.81. The van der Waals surface area contributed by atoms with Crippen molar-refractivity contribution >= 4 is 11.6 Å². The van der Waals surface area contributed by atoms with E-state index in [4.69, 9.17) is 10.2 Å². The van der Waals surface area contributed by atoms with Crippen molar-refractivity contribution in [1.29, 1.82) is 0 Å². The molecule has 0 amide bonds. The average Bonchev–Trinajstić information content (AvgIpc) is 2.30. The molecule has 1 aromatic heterocycles. The minimum Gasteiger partial charge on any atom is -0.395 e. The van der Waals surface area contributed by atoms with Gasteiger partial charge in [-0.2, -0.15) is 0 Å². The Balaban J connectivity index is 2.77. The minimum absolute atomic E-state index is 0.0487. The molecule has 0 aromatic carbocycles. The first kappa shape index (κ1) is 12.7. The third-order valence-electron chi connectivity index (χ3n) is 2.16. The van der Waals surface area contributed by atoms with Gasteiger partial charge >= 0.3 is 0 Å². The molecule has 0 unspecified atom stereocenters. The van der Waals surface area contributed by atoms with Gasteiger partial charge in [0.1, 0.15) is 11.6 Å². The molecule has 5 nitrogen and oxygen atoms in total. The maximum absolute atomic E-state index is 8.93. The first-order valence-electron chi connectivity index (χ1n) is 5.49. The Kier molecular flexibility index (Phi) is 5.60. The molecule has 5 heteroatoms.